The van der Waals surface area contributed by atoms with Crippen LogP contribution in [0.5, 0.6) is 0 Å². The lowest BCUT2D eigenvalue weighted by atomic mass is 10.1. The van der Waals surface area contributed by atoms with Crippen LogP contribution >= 0.6 is 22.7 Å². The van der Waals surface area contributed by atoms with Crippen molar-refractivity contribution in [2.75, 3.05) is 0 Å². The Hall–Kier alpha value is -1.65. The Balaban J connectivity index is 1.89. The van der Waals surface area contributed by atoms with E-state index >= 15 is 0 Å². The number of hydrogen-bond acceptors (Lipinski definition) is 3. The van der Waals surface area contributed by atoms with Gasteiger partial charge in [0.05, 0.1) is 16.3 Å². The summed E-state index contributed by atoms with van der Waals surface area (Å²) >= 11 is 3.56. The lowest BCUT2D eigenvalue weighted by Gasteiger charge is -2.07. The maximum Gasteiger partial charge on any atom is 0.190 e. The SMILES string of the molecule is Cc1cccc(N=c2scc(-c3cccs3)n2C2CC2)c1C. The highest BCUT2D eigenvalue weighted by atomic mass is 32.1. The third kappa shape index (κ3) is 2.46. The van der Waals surface area contributed by atoms with Crippen molar-refractivity contribution in [3.8, 4) is 10.6 Å². The summed E-state index contributed by atoms with van der Waals surface area (Å²) in [6, 6.07) is 11.3. The highest BCUT2D eigenvalue weighted by Gasteiger charge is 2.27. The second kappa shape index (κ2) is 5.52. The lowest BCUT2D eigenvalue weighted by Crippen LogP contribution is -2.14. The van der Waals surface area contributed by atoms with E-state index in [1.807, 2.05) is 0 Å². The number of rotatable bonds is 3. The predicted octanol–water partition coefficient (Wildman–Crippen LogP) is 5.46. The van der Waals surface area contributed by atoms with Gasteiger partial charge in [0, 0.05) is 11.4 Å². The van der Waals surface area contributed by atoms with Gasteiger partial charge in [-0.15, -0.1) is 22.7 Å². The Labute approximate surface area is 138 Å². The predicted molar refractivity (Wildman–Crippen MR) is 95.0 cm³/mol. The minimum Gasteiger partial charge on any atom is -0.313 e. The van der Waals surface area contributed by atoms with Crippen LogP contribution in [0.1, 0.15) is 30.0 Å². The first-order chi connectivity index (χ1) is 10.7. The summed E-state index contributed by atoms with van der Waals surface area (Å²) in [6.45, 7) is 4.30. The largest absolute Gasteiger partial charge is 0.313 e. The molecule has 0 radical (unpaired) electrons. The van der Waals surface area contributed by atoms with Gasteiger partial charge in [-0.25, -0.2) is 4.99 Å². The molecule has 2 nitrogen and oxygen atoms in total. The second-order valence-corrected chi connectivity index (χ2v) is 7.60. The Bertz CT molecular complexity index is 865. The highest BCUT2D eigenvalue weighted by Crippen LogP contribution is 2.39. The Morgan fingerprint density at radius 3 is 2.68 bits per heavy atom. The minimum atomic E-state index is 0.632. The summed E-state index contributed by atoms with van der Waals surface area (Å²) in [4.78, 5) is 7.44. The first-order valence-electron chi connectivity index (χ1n) is 7.59. The van der Waals surface area contributed by atoms with Gasteiger partial charge in [0.1, 0.15) is 0 Å². The van der Waals surface area contributed by atoms with Gasteiger partial charge in [0.25, 0.3) is 0 Å². The van der Waals surface area contributed by atoms with Gasteiger partial charge in [-0.2, -0.15) is 0 Å². The quantitative estimate of drug-likeness (QED) is 0.608. The summed E-state index contributed by atoms with van der Waals surface area (Å²) in [5.41, 5.74) is 4.99. The van der Waals surface area contributed by atoms with E-state index < -0.39 is 0 Å². The molecule has 3 aromatic rings. The van der Waals surface area contributed by atoms with Crippen LogP contribution in [-0.2, 0) is 0 Å². The second-order valence-electron chi connectivity index (χ2n) is 5.81. The Kier molecular flexibility index (Phi) is 3.51. The summed E-state index contributed by atoms with van der Waals surface area (Å²) < 4.78 is 2.44. The van der Waals surface area contributed by atoms with Gasteiger partial charge in [-0.05, 0) is 55.3 Å². The lowest BCUT2D eigenvalue weighted by molar-refractivity contribution is 0.725. The van der Waals surface area contributed by atoms with Crippen molar-refractivity contribution in [1.29, 1.82) is 0 Å². The van der Waals surface area contributed by atoms with E-state index in [1.165, 1.54) is 34.5 Å². The molecule has 0 unspecified atom stereocenters. The van der Waals surface area contributed by atoms with E-state index in [9.17, 15) is 0 Å². The minimum absolute atomic E-state index is 0.632. The van der Waals surface area contributed by atoms with Crippen LogP contribution in [0.4, 0.5) is 5.69 Å². The number of benzene rings is 1. The molecule has 0 amide bonds. The first kappa shape index (κ1) is 14.0. The van der Waals surface area contributed by atoms with Crippen molar-refractivity contribution < 1.29 is 0 Å². The van der Waals surface area contributed by atoms with Crippen molar-refractivity contribution in [2.24, 2.45) is 4.99 Å². The topological polar surface area (TPSA) is 17.3 Å². The number of nitrogens with zero attached hydrogens (tertiary/aromatic N) is 2. The van der Waals surface area contributed by atoms with Crippen LogP contribution < -0.4 is 4.80 Å². The summed E-state index contributed by atoms with van der Waals surface area (Å²) in [6.07, 6.45) is 2.55. The zero-order chi connectivity index (χ0) is 15.1. The fraction of sp³-hybridized carbons (Fsp3) is 0.278. The van der Waals surface area contributed by atoms with Crippen LogP contribution in [-0.4, -0.2) is 4.57 Å². The van der Waals surface area contributed by atoms with Gasteiger partial charge in [0.2, 0.25) is 0 Å². The molecule has 0 aliphatic heterocycles. The number of thiazole rings is 1. The third-order valence-corrected chi connectivity index (χ3v) is 5.95. The molecule has 0 N–H and O–H groups in total. The molecule has 1 saturated carbocycles. The third-order valence-electron chi connectivity index (χ3n) is 4.22. The summed E-state index contributed by atoms with van der Waals surface area (Å²) in [7, 11) is 0. The maximum atomic E-state index is 4.98. The molecule has 0 saturated heterocycles. The molecule has 4 rings (SSSR count). The molecule has 0 atom stereocenters. The smallest absolute Gasteiger partial charge is 0.190 e. The molecule has 112 valence electrons. The molecule has 2 heterocycles. The van der Waals surface area contributed by atoms with E-state index in [1.54, 1.807) is 22.7 Å². The standard InChI is InChI=1S/C18H18N2S2/c1-12-5-3-6-15(13(12)2)19-18-20(14-8-9-14)16(11-22-18)17-7-4-10-21-17/h3-7,10-11,14H,8-9H2,1-2H3. The van der Waals surface area contributed by atoms with E-state index in [0.717, 1.165) is 10.5 Å². The number of aryl methyl sites for hydroxylation is 1. The molecule has 2 aromatic heterocycles. The van der Waals surface area contributed by atoms with Gasteiger partial charge in [-0.3, -0.25) is 0 Å². The monoisotopic (exact) mass is 326 g/mol. The molecule has 1 fully saturated rings. The van der Waals surface area contributed by atoms with Crippen LogP contribution in [0.3, 0.4) is 0 Å². The van der Waals surface area contributed by atoms with Crippen LogP contribution in [0, 0.1) is 13.8 Å². The van der Waals surface area contributed by atoms with Gasteiger partial charge < -0.3 is 4.57 Å². The van der Waals surface area contributed by atoms with Gasteiger partial charge >= 0.3 is 0 Å². The highest BCUT2D eigenvalue weighted by molar-refractivity contribution is 7.14. The first-order valence-corrected chi connectivity index (χ1v) is 9.35. The van der Waals surface area contributed by atoms with Crippen molar-refractivity contribution in [1.82, 2.24) is 4.57 Å². The molecule has 1 aromatic carbocycles. The van der Waals surface area contributed by atoms with E-state index in [0.29, 0.717) is 6.04 Å². The molecule has 1 aliphatic carbocycles. The number of aromatic nitrogens is 1. The van der Waals surface area contributed by atoms with Crippen molar-refractivity contribution in [3.05, 3.63) is 57.0 Å². The van der Waals surface area contributed by atoms with E-state index in [2.05, 4.69) is 59.5 Å². The number of thiophene rings is 1. The van der Waals surface area contributed by atoms with Crippen LogP contribution in [0.2, 0.25) is 0 Å². The summed E-state index contributed by atoms with van der Waals surface area (Å²) in [5.74, 6) is 0. The zero-order valence-corrected chi connectivity index (χ0v) is 14.4. The van der Waals surface area contributed by atoms with Crippen molar-refractivity contribution >= 4 is 28.4 Å². The zero-order valence-electron chi connectivity index (χ0n) is 12.7. The maximum absolute atomic E-state index is 4.98. The molecule has 22 heavy (non-hydrogen) atoms. The normalized spacial score (nSPS) is 15.5. The summed E-state index contributed by atoms with van der Waals surface area (Å²) in [5, 5.41) is 4.40. The van der Waals surface area contributed by atoms with Crippen molar-refractivity contribution in [3.63, 3.8) is 0 Å². The van der Waals surface area contributed by atoms with Gasteiger partial charge in [-0.1, -0.05) is 18.2 Å². The van der Waals surface area contributed by atoms with Crippen LogP contribution in [0.25, 0.3) is 10.6 Å². The molecule has 4 heteroatoms. The fourth-order valence-corrected chi connectivity index (χ4v) is 4.43. The Morgan fingerprint density at radius 2 is 1.95 bits per heavy atom. The molecular formula is C18H18N2S2. The van der Waals surface area contributed by atoms with Crippen molar-refractivity contribution in [2.45, 2.75) is 32.7 Å². The van der Waals surface area contributed by atoms with Crippen LogP contribution in [0.15, 0.2) is 46.1 Å². The molecular weight excluding hydrogens is 308 g/mol. The Morgan fingerprint density at radius 1 is 1.09 bits per heavy atom. The van der Waals surface area contributed by atoms with Gasteiger partial charge in [0.15, 0.2) is 4.80 Å². The average Bonchev–Trinajstić information content (AvgIpc) is 3.04. The average molecular weight is 326 g/mol. The molecule has 0 spiro atoms. The fourth-order valence-electron chi connectivity index (χ4n) is 2.65. The molecule has 0 bridgehead atoms. The van der Waals surface area contributed by atoms with E-state index in [4.69, 9.17) is 4.99 Å². The molecule has 1 aliphatic rings. The number of hydrogen-bond donors (Lipinski definition) is 0. The van der Waals surface area contributed by atoms with E-state index in [-0.39, 0.29) is 0 Å².